The maximum absolute atomic E-state index is 6.11. The van der Waals surface area contributed by atoms with Gasteiger partial charge in [0.1, 0.15) is 0 Å². The minimum Gasteiger partial charge on any atom is -0.327 e. The lowest BCUT2D eigenvalue weighted by atomic mass is 10.2. The fourth-order valence-corrected chi connectivity index (χ4v) is 2.21. The lowest BCUT2D eigenvalue weighted by Crippen LogP contribution is -2.26. The second-order valence-corrected chi connectivity index (χ2v) is 4.68. The fourth-order valence-electron chi connectivity index (χ4n) is 1.42. The molecule has 1 rings (SSSR count). The minimum absolute atomic E-state index is 0.150. The molecule has 3 nitrogen and oxygen atoms in total. The summed E-state index contributed by atoms with van der Waals surface area (Å²) in [7, 11) is 1.90. The van der Waals surface area contributed by atoms with E-state index in [2.05, 4.69) is 11.4 Å². The van der Waals surface area contributed by atoms with E-state index in [0.29, 0.717) is 0 Å². The Balaban J connectivity index is 2.75. The van der Waals surface area contributed by atoms with Gasteiger partial charge in [0, 0.05) is 25.3 Å². The average Bonchev–Trinajstić information content (AvgIpc) is 2.33. The Labute approximate surface area is 94.0 Å². The summed E-state index contributed by atoms with van der Waals surface area (Å²) >= 11 is 7.86. The van der Waals surface area contributed by atoms with Crippen LogP contribution in [-0.4, -0.2) is 27.8 Å². The molecule has 1 atom stereocenters. The van der Waals surface area contributed by atoms with E-state index in [9.17, 15) is 0 Å². The van der Waals surface area contributed by atoms with Crippen molar-refractivity contribution in [2.75, 3.05) is 12.0 Å². The summed E-state index contributed by atoms with van der Waals surface area (Å²) in [4.78, 5) is 0. The van der Waals surface area contributed by atoms with E-state index in [1.807, 2.05) is 18.7 Å². The topological polar surface area (TPSA) is 43.8 Å². The van der Waals surface area contributed by atoms with Crippen LogP contribution in [0.15, 0.2) is 0 Å². The third kappa shape index (κ3) is 2.65. The Morgan fingerprint density at radius 1 is 1.64 bits per heavy atom. The lowest BCUT2D eigenvalue weighted by Gasteiger charge is -2.10. The van der Waals surface area contributed by atoms with E-state index >= 15 is 0 Å². The molecule has 14 heavy (non-hydrogen) atoms. The van der Waals surface area contributed by atoms with Gasteiger partial charge < -0.3 is 5.73 Å². The molecule has 0 fully saturated rings. The summed E-state index contributed by atoms with van der Waals surface area (Å²) in [5, 5.41) is 5.00. The number of halogens is 1. The number of hydrogen-bond acceptors (Lipinski definition) is 3. The molecule has 0 aliphatic heterocycles. The van der Waals surface area contributed by atoms with Crippen molar-refractivity contribution in [2.45, 2.75) is 19.4 Å². The van der Waals surface area contributed by atoms with Gasteiger partial charge in [0.2, 0.25) is 0 Å². The number of aryl methyl sites for hydroxylation is 2. The Kier molecular flexibility index (Phi) is 4.29. The summed E-state index contributed by atoms with van der Waals surface area (Å²) in [6, 6.07) is 0.150. The molecule has 1 aromatic rings. The summed E-state index contributed by atoms with van der Waals surface area (Å²) < 4.78 is 1.82. The van der Waals surface area contributed by atoms with Crippen molar-refractivity contribution in [3.8, 4) is 0 Å². The van der Waals surface area contributed by atoms with Gasteiger partial charge in [-0.05, 0) is 13.2 Å². The van der Waals surface area contributed by atoms with Crippen molar-refractivity contribution in [2.24, 2.45) is 12.8 Å². The number of nitrogens with two attached hydrogens (primary N) is 1. The van der Waals surface area contributed by atoms with Crippen LogP contribution >= 0.6 is 23.4 Å². The van der Waals surface area contributed by atoms with Crippen molar-refractivity contribution in [3.05, 3.63) is 16.4 Å². The van der Waals surface area contributed by atoms with E-state index in [1.54, 1.807) is 11.8 Å². The van der Waals surface area contributed by atoms with Crippen LogP contribution in [-0.2, 0) is 13.5 Å². The Morgan fingerprint density at radius 3 is 2.71 bits per heavy atom. The molecule has 1 heterocycles. The SMILES string of the molecule is CSCC(N)Cc1c(Cl)c(C)nn1C. The predicted octanol–water partition coefficient (Wildman–Crippen LogP) is 1.61. The van der Waals surface area contributed by atoms with Gasteiger partial charge in [0.15, 0.2) is 0 Å². The van der Waals surface area contributed by atoms with Gasteiger partial charge in [-0.2, -0.15) is 16.9 Å². The third-order valence-corrected chi connectivity index (χ3v) is 3.35. The van der Waals surface area contributed by atoms with Crippen molar-refractivity contribution in [1.82, 2.24) is 9.78 Å². The normalized spacial score (nSPS) is 13.2. The minimum atomic E-state index is 0.150. The number of hydrogen-bond donors (Lipinski definition) is 1. The average molecular weight is 234 g/mol. The first kappa shape index (κ1) is 11.9. The van der Waals surface area contributed by atoms with Crippen LogP contribution in [0.25, 0.3) is 0 Å². The molecule has 0 bridgehead atoms. The molecule has 1 aromatic heterocycles. The molecule has 0 aliphatic rings. The Bertz CT molecular complexity index is 311. The third-order valence-electron chi connectivity index (χ3n) is 2.10. The largest absolute Gasteiger partial charge is 0.327 e. The van der Waals surface area contributed by atoms with E-state index < -0.39 is 0 Å². The Hall–Kier alpha value is -0.190. The highest BCUT2D eigenvalue weighted by molar-refractivity contribution is 7.98. The number of thioether (sulfide) groups is 1. The highest BCUT2D eigenvalue weighted by Crippen LogP contribution is 2.20. The van der Waals surface area contributed by atoms with Gasteiger partial charge in [-0.25, -0.2) is 0 Å². The van der Waals surface area contributed by atoms with Crippen molar-refractivity contribution >= 4 is 23.4 Å². The molecule has 0 radical (unpaired) electrons. The zero-order chi connectivity index (χ0) is 10.7. The second-order valence-electron chi connectivity index (χ2n) is 3.39. The molecule has 0 saturated carbocycles. The first-order valence-electron chi connectivity index (χ1n) is 4.48. The summed E-state index contributed by atoms with van der Waals surface area (Å²) in [6.07, 6.45) is 2.84. The van der Waals surface area contributed by atoms with Crippen LogP contribution in [0.5, 0.6) is 0 Å². The molecular formula is C9H16ClN3S. The highest BCUT2D eigenvalue weighted by Gasteiger charge is 2.13. The van der Waals surface area contributed by atoms with E-state index in [-0.39, 0.29) is 6.04 Å². The first-order valence-corrected chi connectivity index (χ1v) is 6.26. The fraction of sp³-hybridized carbons (Fsp3) is 0.667. The zero-order valence-corrected chi connectivity index (χ0v) is 10.3. The smallest absolute Gasteiger partial charge is 0.0847 e. The van der Waals surface area contributed by atoms with Gasteiger partial charge in [0.05, 0.1) is 16.4 Å². The molecule has 0 amide bonds. The van der Waals surface area contributed by atoms with Crippen LogP contribution in [0.3, 0.4) is 0 Å². The molecule has 0 aliphatic carbocycles. The summed E-state index contributed by atoms with van der Waals surface area (Å²) in [5.74, 6) is 0.945. The summed E-state index contributed by atoms with van der Waals surface area (Å²) in [5.41, 5.74) is 7.85. The van der Waals surface area contributed by atoms with E-state index in [1.165, 1.54) is 0 Å². The number of rotatable bonds is 4. The first-order chi connectivity index (χ1) is 6.56. The molecule has 80 valence electrons. The van der Waals surface area contributed by atoms with Crippen LogP contribution in [0, 0.1) is 6.92 Å². The van der Waals surface area contributed by atoms with E-state index in [4.69, 9.17) is 17.3 Å². The molecule has 5 heteroatoms. The van der Waals surface area contributed by atoms with Crippen LogP contribution in [0.1, 0.15) is 11.4 Å². The van der Waals surface area contributed by atoms with Gasteiger partial charge in [0.25, 0.3) is 0 Å². The highest BCUT2D eigenvalue weighted by atomic mass is 35.5. The van der Waals surface area contributed by atoms with Crippen LogP contribution < -0.4 is 5.73 Å². The monoisotopic (exact) mass is 233 g/mol. The van der Waals surface area contributed by atoms with E-state index in [0.717, 1.165) is 28.6 Å². The molecule has 1 unspecified atom stereocenters. The van der Waals surface area contributed by atoms with Gasteiger partial charge in [-0.3, -0.25) is 4.68 Å². The lowest BCUT2D eigenvalue weighted by molar-refractivity contribution is 0.653. The molecule has 0 saturated heterocycles. The zero-order valence-electron chi connectivity index (χ0n) is 8.75. The molecule has 0 aromatic carbocycles. The second kappa shape index (κ2) is 5.05. The summed E-state index contributed by atoms with van der Waals surface area (Å²) in [6.45, 7) is 1.91. The maximum atomic E-state index is 6.11. The quantitative estimate of drug-likeness (QED) is 0.860. The van der Waals surface area contributed by atoms with Crippen molar-refractivity contribution in [1.29, 1.82) is 0 Å². The number of aromatic nitrogens is 2. The van der Waals surface area contributed by atoms with Crippen molar-refractivity contribution < 1.29 is 0 Å². The van der Waals surface area contributed by atoms with Gasteiger partial charge in [-0.1, -0.05) is 11.6 Å². The number of nitrogens with zero attached hydrogens (tertiary/aromatic N) is 2. The van der Waals surface area contributed by atoms with Gasteiger partial charge in [-0.15, -0.1) is 0 Å². The van der Waals surface area contributed by atoms with Crippen molar-refractivity contribution in [3.63, 3.8) is 0 Å². The molecular weight excluding hydrogens is 218 g/mol. The Morgan fingerprint density at radius 2 is 2.29 bits per heavy atom. The van der Waals surface area contributed by atoms with Gasteiger partial charge >= 0.3 is 0 Å². The molecule has 2 N–H and O–H groups in total. The maximum Gasteiger partial charge on any atom is 0.0847 e. The predicted molar refractivity (Wildman–Crippen MR) is 63.0 cm³/mol. The van der Waals surface area contributed by atoms with Crippen LogP contribution in [0.2, 0.25) is 5.02 Å². The van der Waals surface area contributed by atoms with Crippen LogP contribution in [0.4, 0.5) is 0 Å². The standard InChI is InChI=1S/C9H16ClN3S/c1-6-9(10)8(13(2)12-6)4-7(11)5-14-3/h7H,4-5,11H2,1-3H3. The molecule has 0 spiro atoms.